The Hall–Kier alpha value is -7.23. The van der Waals surface area contributed by atoms with Gasteiger partial charge in [0.1, 0.15) is 11.7 Å². The van der Waals surface area contributed by atoms with Gasteiger partial charge in [-0.15, -0.1) is 0 Å². The standard InChI is InChI=1S/C51H52F3N9O6/c1-33-12-14-36(30-35(33)16-17-38-31-57-44-10-6-22-58-63(38)44)43(64)29-34-13-15-37(40(28-34)51(52,53)54)32-61-26-24-60(25-27-61)23-7-21-56-45(65)11-3-2-4-20-55-41-9-5-8-39-47(41)50(69)62(49(39)68)42-18-19-46(66)59-48(42)67/h5-6,8-10,12-15,22,28,30-31,42,55H,2-4,7,11,18-21,23-27,29,32H2,1H3,(H,56,65)(H,59,66,67). The number of aryl methyl sites for hydroxylation is 1. The van der Waals surface area contributed by atoms with E-state index in [0.717, 1.165) is 35.9 Å². The van der Waals surface area contributed by atoms with Crippen LogP contribution in [0.15, 0.2) is 79.1 Å². The summed E-state index contributed by atoms with van der Waals surface area (Å²) in [5, 5.41) is 12.7. The maximum Gasteiger partial charge on any atom is 0.416 e. The van der Waals surface area contributed by atoms with Crippen molar-refractivity contribution >= 4 is 46.7 Å². The van der Waals surface area contributed by atoms with E-state index in [-0.39, 0.29) is 59.8 Å². The van der Waals surface area contributed by atoms with E-state index >= 15 is 0 Å². The molecule has 2 fully saturated rings. The highest BCUT2D eigenvalue weighted by atomic mass is 19.4. The number of amides is 5. The SMILES string of the molecule is Cc1ccc(C(=O)Cc2ccc(CN3CCN(CCCNC(=O)CCCCCNc4cccc5c4C(=O)N(C4CCC(=O)NC4=O)C5=O)CC3)c(C(F)(F)F)c2)cc1C#Cc1cnc2cccnn12. The third-order valence-electron chi connectivity index (χ3n) is 12.7. The molecule has 5 amide bonds. The number of piperazine rings is 1. The topological polar surface area (TPSA) is 178 Å². The first-order valence-electron chi connectivity index (χ1n) is 23.2. The van der Waals surface area contributed by atoms with E-state index in [1.54, 1.807) is 65.4 Å². The molecule has 2 aromatic heterocycles. The Balaban J connectivity index is 0.725. The zero-order chi connectivity index (χ0) is 48.7. The fourth-order valence-corrected chi connectivity index (χ4v) is 8.90. The first kappa shape index (κ1) is 48.2. The average molecular weight is 944 g/mol. The molecule has 3 N–H and O–H groups in total. The summed E-state index contributed by atoms with van der Waals surface area (Å²) in [5.41, 5.74) is 3.66. The molecule has 0 saturated carbocycles. The van der Waals surface area contributed by atoms with Gasteiger partial charge in [-0.1, -0.05) is 42.7 Å². The molecule has 5 aromatic rings. The molecule has 0 spiro atoms. The number of benzene rings is 3. The number of imide groups is 2. The first-order chi connectivity index (χ1) is 33.2. The molecule has 1 unspecified atom stereocenters. The molecule has 69 heavy (non-hydrogen) atoms. The number of unbranched alkanes of at least 4 members (excludes halogenated alkanes) is 2. The number of fused-ring (bicyclic) bond motifs is 2. The van der Waals surface area contributed by atoms with Crippen LogP contribution in [-0.2, 0) is 33.5 Å². The highest BCUT2D eigenvalue weighted by Crippen LogP contribution is 2.35. The number of anilines is 1. The summed E-state index contributed by atoms with van der Waals surface area (Å²) in [7, 11) is 0. The number of nitrogens with one attached hydrogen (secondary N) is 3. The minimum absolute atomic E-state index is 0.0436. The van der Waals surface area contributed by atoms with Crippen LogP contribution in [0.5, 0.6) is 0 Å². The number of halogens is 3. The normalized spacial score (nSPS) is 16.6. The van der Waals surface area contributed by atoms with E-state index in [1.165, 1.54) is 6.07 Å². The van der Waals surface area contributed by atoms with E-state index in [1.807, 2.05) is 17.9 Å². The Morgan fingerprint density at radius 1 is 0.870 bits per heavy atom. The van der Waals surface area contributed by atoms with Crippen molar-refractivity contribution in [3.05, 3.63) is 129 Å². The number of hydrogen-bond acceptors (Lipinski definition) is 11. The number of rotatable bonds is 17. The quantitative estimate of drug-likeness (QED) is 0.0459. The summed E-state index contributed by atoms with van der Waals surface area (Å²) in [6.45, 7) is 6.30. The van der Waals surface area contributed by atoms with E-state index in [9.17, 15) is 41.9 Å². The minimum Gasteiger partial charge on any atom is -0.384 e. The summed E-state index contributed by atoms with van der Waals surface area (Å²) < 4.78 is 44.9. The van der Waals surface area contributed by atoms with Gasteiger partial charge in [0.25, 0.3) is 11.8 Å². The number of alkyl halides is 3. The van der Waals surface area contributed by atoms with Crippen LogP contribution in [0.4, 0.5) is 18.9 Å². The van der Waals surface area contributed by atoms with Gasteiger partial charge in [-0.25, -0.2) is 9.50 Å². The molecule has 358 valence electrons. The van der Waals surface area contributed by atoms with Gasteiger partial charge >= 0.3 is 6.18 Å². The fraction of sp³-hybridized carbons (Fsp3) is 0.373. The van der Waals surface area contributed by atoms with E-state index < -0.39 is 41.4 Å². The summed E-state index contributed by atoms with van der Waals surface area (Å²) in [4.78, 5) is 85.8. The Morgan fingerprint density at radius 3 is 2.48 bits per heavy atom. The fourth-order valence-electron chi connectivity index (χ4n) is 8.90. The maximum atomic E-state index is 14.4. The second-order valence-corrected chi connectivity index (χ2v) is 17.5. The van der Waals surface area contributed by atoms with Gasteiger partial charge in [0.2, 0.25) is 17.7 Å². The molecule has 5 heterocycles. The van der Waals surface area contributed by atoms with Gasteiger partial charge in [-0.3, -0.25) is 43.9 Å². The zero-order valence-electron chi connectivity index (χ0n) is 38.2. The summed E-state index contributed by atoms with van der Waals surface area (Å²) in [6.07, 6.45) is 1.79. The van der Waals surface area contributed by atoms with Crippen LogP contribution in [0.3, 0.4) is 0 Å². The molecule has 3 aliphatic rings. The second-order valence-electron chi connectivity index (χ2n) is 17.5. The lowest BCUT2D eigenvalue weighted by Gasteiger charge is -2.35. The van der Waals surface area contributed by atoms with Crippen molar-refractivity contribution in [1.29, 1.82) is 0 Å². The summed E-state index contributed by atoms with van der Waals surface area (Å²) in [6, 6.07) is 16.8. The number of nitrogens with zero attached hydrogens (tertiary/aromatic N) is 6. The molecule has 15 nitrogen and oxygen atoms in total. The van der Waals surface area contributed by atoms with Crippen LogP contribution >= 0.6 is 0 Å². The molecular weight excluding hydrogens is 892 g/mol. The van der Waals surface area contributed by atoms with Crippen molar-refractivity contribution in [1.82, 2.24) is 39.9 Å². The number of aromatic nitrogens is 3. The van der Waals surface area contributed by atoms with E-state index in [2.05, 4.69) is 42.8 Å². The Morgan fingerprint density at radius 2 is 1.68 bits per heavy atom. The molecule has 8 rings (SSSR count). The highest BCUT2D eigenvalue weighted by Gasteiger charge is 2.45. The number of piperidine rings is 1. The van der Waals surface area contributed by atoms with Crippen molar-refractivity contribution < 1.29 is 41.9 Å². The summed E-state index contributed by atoms with van der Waals surface area (Å²) in [5.74, 6) is 3.55. The molecule has 2 saturated heterocycles. The van der Waals surface area contributed by atoms with Crippen LogP contribution in [0.25, 0.3) is 5.65 Å². The monoisotopic (exact) mass is 943 g/mol. The van der Waals surface area contributed by atoms with Crippen molar-refractivity contribution in [2.45, 2.75) is 77.1 Å². The maximum absolute atomic E-state index is 14.4. The van der Waals surface area contributed by atoms with Gasteiger partial charge < -0.3 is 15.5 Å². The third-order valence-corrected chi connectivity index (χ3v) is 12.7. The number of ketones is 1. The number of imidazole rings is 1. The third kappa shape index (κ3) is 11.6. The van der Waals surface area contributed by atoms with Gasteiger partial charge in [-0.2, -0.15) is 18.3 Å². The predicted molar refractivity (Wildman–Crippen MR) is 249 cm³/mol. The largest absolute Gasteiger partial charge is 0.416 e. The van der Waals surface area contributed by atoms with Crippen LogP contribution in [0.2, 0.25) is 0 Å². The van der Waals surface area contributed by atoms with Crippen LogP contribution in [0, 0.1) is 18.8 Å². The van der Waals surface area contributed by atoms with Crippen LogP contribution < -0.4 is 16.0 Å². The lowest BCUT2D eigenvalue weighted by Crippen LogP contribution is -2.54. The van der Waals surface area contributed by atoms with Gasteiger partial charge in [0, 0.05) is 88.1 Å². The van der Waals surface area contributed by atoms with E-state index in [0.29, 0.717) is 86.7 Å². The Kier molecular flexibility index (Phi) is 14.9. The zero-order valence-corrected chi connectivity index (χ0v) is 38.2. The number of carbonyl (C=O) groups excluding carboxylic acids is 6. The van der Waals surface area contributed by atoms with Gasteiger partial charge in [0.15, 0.2) is 11.4 Å². The van der Waals surface area contributed by atoms with Gasteiger partial charge in [-0.05, 0) is 98.2 Å². The smallest absolute Gasteiger partial charge is 0.384 e. The second kappa shape index (κ2) is 21.4. The molecule has 3 aliphatic heterocycles. The molecule has 0 radical (unpaired) electrons. The average Bonchev–Trinajstić information content (AvgIpc) is 3.86. The van der Waals surface area contributed by atoms with E-state index in [4.69, 9.17) is 0 Å². The molecule has 0 bridgehead atoms. The van der Waals surface area contributed by atoms with Crippen molar-refractivity contribution in [3.8, 4) is 11.8 Å². The summed E-state index contributed by atoms with van der Waals surface area (Å²) >= 11 is 0. The lowest BCUT2D eigenvalue weighted by atomic mass is 9.96. The molecule has 0 aliphatic carbocycles. The van der Waals surface area contributed by atoms with Crippen molar-refractivity contribution in [3.63, 3.8) is 0 Å². The van der Waals surface area contributed by atoms with Gasteiger partial charge in [0.05, 0.1) is 22.9 Å². The minimum atomic E-state index is -4.60. The van der Waals surface area contributed by atoms with Crippen molar-refractivity contribution in [2.24, 2.45) is 0 Å². The predicted octanol–water partition coefficient (Wildman–Crippen LogP) is 5.58. The number of Topliss-reactive ketones (excluding diaryl/α,β-unsaturated/α-hetero) is 1. The number of carbonyl (C=O) groups is 6. The van der Waals surface area contributed by atoms with Crippen molar-refractivity contribution in [2.75, 3.05) is 51.1 Å². The lowest BCUT2D eigenvalue weighted by molar-refractivity contribution is -0.139. The highest BCUT2D eigenvalue weighted by molar-refractivity contribution is 6.25. The van der Waals surface area contributed by atoms with Crippen LogP contribution in [-0.4, -0.2) is 116 Å². The first-order valence-corrected chi connectivity index (χ1v) is 23.2. The molecule has 1 atom stereocenters. The Bertz CT molecular complexity index is 2860. The molecular formula is C51H52F3N9O6. The number of hydrogen-bond donors (Lipinski definition) is 3. The van der Waals surface area contributed by atoms with Crippen LogP contribution in [0.1, 0.15) is 110 Å². The molecule has 3 aromatic carbocycles. The Labute approximate surface area is 396 Å². The molecule has 18 heteroatoms.